The first kappa shape index (κ1) is 19.2. The summed E-state index contributed by atoms with van der Waals surface area (Å²) in [7, 11) is 0. The zero-order valence-corrected chi connectivity index (χ0v) is 17.4. The average molecular weight is 394 g/mol. The minimum absolute atomic E-state index is 0.00855. The Balaban J connectivity index is 1.54. The van der Waals surface area contributed by atoms with E-state index in [0.29, 0.717) is 18.2 Å². The molecule has 4 rings (SSSR count). The molecule has 2 aromatic carbocycles. The van der Waals surface area contributed by atoms with Crippen molar-refractivity contribution in [1.82, 2.24) is 10.2 Å². The maximum absolute atomic E-state index is 12.8. The highest BCUT2D eigenvalue weighted by atomic mass is 32.2. The number of benzene rings is 2. The molecule has 1 saturated heterocycles. The molecular weight excluding hydrogens is 366 g/mol. The molecule has 2 aliphatic heterocycles. The molecule has 0 aliphatic carbocycles. The summed E-state index contributed by atoms with van der Waals surface area (Å²) in [5.41, 5.74) is 3.84. The van der Waals surface area contributed by atoms with Crippen LogP contribution < -0.4 is 5.32 Å². The summed E-state index contributed by atoms with van der Waals surface area (Å²) in [4.78, 5) is 22.4. The molecule has 146 valence electrons. The van der Waals surface area contributed by atoms with E-state index in [1.54, 1.807) is 11.8 Å². The fraction of sp³-hybridized carbons (Fsp3) is 0.391. The van der Waals surface area contributed by atoms with Crippen LogP contribution in [0.15, 0.2) is 57.2 Å². The quantitative estimate of drug-likeness (QED) is 0.786. The van der Waals surface area contributed by atoms with Crippen molar-refractivity contribution in [1.29, 1.82) is 0 Å². The van der Waals surface area contributed by atoms with E-state index < -0.39 is 0 Å². The molecule has 28 heavy (non-hydrogen) atoms. The zero-order chi connectivity index (χ0) is 19.5. The molecule has 0 aromatic heterocycles. The van der Waals surface area contributed by atoms with Crippen LogP contribution in [0.2, 0.25) is 0 Å². The molecule has 1 N–H and O–H groups in total. The van der Waals surface area contributed by atoms with Crippen molar-refractivity contribution < 1.29 is 4.79 Å². The van der Waals surface area contributed by atoms with Gasteiger partial charge in [0.05, 0.1) is 5.69 Å². The highest BCUT2D eigenvalue weighted by molar-refractivity contribution is 7.99. The Bertz CT molecular complexity index is 908. The van der Waals surface area contributed by atoms with Crippen LogP contribution in [0.5, 0.6) is 0 Å². The molecule has 2 heterocycles. The van der Waals surface area contributed by atoms with Gasteiger partial charge in [0.2, 0.25) is 0 Å². The number of likely N-dealkylation sites (N-methyl/N-ethyl adjacent to an activating group) is 1. The van der Waals surface area contributed by atoms with Crippen molar-refractivity contribution in [2.24, 2.45) is 4.99 Å². The van der Waals surface area contributed by atoms with E-state index in [2.05, 4.69) is 48.3 Å². The molecule has 1 amide bonds. The van der Waals surface area contributed by atoms with Crippen LogP contribution in [0.4, 0.5) is 5.69 Å². The first-order chi connectivity index (χ1) is 13.7. The largest absolute Gasteiger partial charge is 0.350 e. The SMILES string of the molecule is CCC1=Nc2cc(C(=O)NCC3CCCN3CC)ccc2Sc2ccccc21. The lowest BCUT2D eigenvalue weighted by Crippen LogP contribution is -2.40. The molecule has 0 radical (unpaired) electrons. The van der Waals surface area contributed by atoms with E-state index in [4.69, 9.17) is 4.99 Å². The summed E-state index contributed by atoms with van der Waals surface area (Å²) >= 11 is 1.73. The molecule has 1 atom stereocenters. The molecule has 0 spiro atoms. The van der Waals surface area contributed by atoms with Gasteiger partial charge in [-0.15, -0.1) is 0 Å². The van der Waals surface area contributed by atoms with E-state index in [-0.39, 0.29) is 5.91 Å². The van der Waals surface area contributed by atoms with Crippen molar-refractivity contribution in [2.75, 3.05) is 19.6 Å². The monoisotopic (exact) mass is 393 g/mol. The summed E-state index contributed by atoms with van der Waals surface area (Å²) in [6.45, 7) is 7.22. The van der Waals surface area contributed by atoms with Gasteiger partial charge in [0.1, 0.15) is 0 Å². The predicted molar refractivity (Wildman–Crippen MR) is 116 cm³/mol. The molecule has 0 bridgehead atoms. The topological polar surface area (TPSA) is 44.7 Å². The Kier molecular flexibility index (Phi) is 5.83. The molecule has 5 heteroatoms. The Morgan fingerprint density at radius 2 is 2.07 bits per heavy atom. The van der Waals surface area contributed by atoms with Crippen molar-refractivity contribution >= 4 is 29.1 Å². The second kappa shape index (κ2) is 8.50. The third kappa shape index (κ3) is 3.87. The van der Waals surface area contributed by atoms with E-state index in [0.717, 1.165) is 42.2 Å². The third-order valence-corrected chi connectivity index (χ3v) is 6.77. The van der Waals surface area contributed by atoms with E-state index in [1.807, 2.05) is 18.2 Å². The zero-order valence-electron chi connectivity index (χ0n) is 16.6. The van der Waals surface area contributed by atoms with Gasteiger partial charge < -0.3 is 5.32 Å². The highest BCUT2D eigenvalue weighted by Gasteiger charge is 2.24. The third-order valence-electron chi connectivity index (χ3n) is 5.63. The lowest BCUT2D eigenvalue weighted by Gasteiger charge is -2.22. The molecular formula is C23H27N3OS. The lowest BCUT2D eigenvalue weighted by molar-refractivity contribution is 0.0941. The van der Waals surface area contributed by atoms with Crippen molar-refractivity contribution in [3.63, 3.8) is 0 Å². The van der Waals surface area contributed by atoms with E-state index in [1.165, 1.54) is 16.9 Å². The van der Waals surface area contributed by atoms with Gasteiger partial charge in [0, 0.05) is 39.2 Å². The minimum atomic E-state index is -0.00855. The molecule has 1 fully saturated rings. The van der Waals surface area contributed by atoms with Gasteiger partial charge in [-0.1, -0.05) is 43.8 Å². The average Bonchev–Trinajstić information content (AvgIpc) is 3.12. The highest BCUT2D eigenvalue weighted by Crippen LogP contribution is 2.41. The van der Waals surface area contributed by atoms with E-state index >= 15 is 0 Å². The van der Waals surface area contributed by atoms with Gasteiger partial charge in [-0.2, -0.15) is 0 Å². The number of likely N-dealkylation sites (tertiary alicyclic amines) is 1. The number of aliphatic imine (C=N–C) groups is 1. The second-order valence-corrected chi connectivity index (χ2v) is 8.41. The summed E-state index contributed by atoms with van der Waals surface area (Å²) in [6, 6.07) is 14.7. The van der Waals surface area contributed by atoms with Crippen LogP contribution in [0.25, 0.3) is 0 Å². The molecule has 1 unspecified atom stereocenters. The number of nitrogens with one attached hydrogen (secondary N) is 1. The molecule has 2 aliphatic rings. The van der Waals surface area contributed by atoms with Gasteiger partial charge in [-0.05, 0) is 56.6 Å². The van der Waals surface area contributed by atoms with Gasteiger partial charge in [-0.25, -0.2) is 0 Å². The number of nitrogens with zero attached hydrogens (tertiary/aromatic N) is 2. The lowest BCUT2D eigenvalue weighted by atomic mass is 10.1. The number of carbonyl (C=O) groups excluding carboxylic acids is 1. The summed E-state index contributed by atoms with van der Waals surface area (Å²) in [6.07, 6.45) is 3.25. The predicted octanol–water partition coefficient (Wildman–Crippen LogP) is 4.90. The first-order valence-electron chi connectivity index (χ1n) is 10.2. The summed E-state index contributed by atoms with van der Waals surface area (Å²) in [5.74, 6) is -0.00855. The van der Waals surface area contributed by atoms with Crippen molar-refractivity contribution in [3.05, 3.63) is 53.6 Å². The maximum Gasteiger partial charge on any atom is 0.251 e. The van der Waals surface area contributed by atoms with E-state index in [9.17, 15) is 4.79 Å². The van der Waals surface area contributed by atoms with Crippen LogP contribution in [-0.4, -0.2) is 42.2 Å². The van der Waals surface area contributed by atoms with Crippen LogP contribution in [0.3, 0.4) is 0 Å². The normalized spacial score (nSPS) is 18.8. The first-order valence-corrected chi connectivity index (χ1v) is 11.0. The van der Waals surface area contributed by atoms with Gasteiger partial charge >= 0.3 is 0 Å². The van der Waals surface area contributed by atoms with Crippen molar-refractivity contribution in [3.8, 4) is 0 Å². The maximum atomic E-state index is 12.8. The molecule has 0 saturated carbocycles. The number of amides is 1. The van der Waals surface area contributed by atoms with Gasteiger partial charge in [0.25, 0.3) is 5.91 Å². The number of carbonyl (C=O) groups is 1. The fourth-order valence-corrected chi connectivity index (χ4v) is 5.10. The summed E-state index contributed by atoms with van der Waals surface area (Å²) in [5, 5.41) is 3.13. The number of fused-ring (bicyclic) bond motifs is 2. The Morgan fingerprint density at radius 1 is 1.21 bits per heavy atom. The van der Waals surface area contributed by atoms with Crippen LogP contribution in [0, 0.1) is 0 Å². The number of rotatable bonds is 5. The Hall–Kier alpha value is -2.11. The molecule has 4 nitrogen and oxygen atoms in total. The second-order valence-electron chi connectivity index (χ2n) is 7.33. The van der Waals surface area contributed by atoms with Gasteiger partial charge in [0.15, 0.2) is 0 Å². The Morgan fingerprint density at radius 3 is 2.89 bits per heavy atom. The van der Waals surface area contributed by atoms with Crippen LogP contribution >= 0.6 is 11.8 Å². The smallest absolute Gasteiger partial charge is 0.251 e. The van der Waals surface area contributed by atoms with Crippen LogP contribution in [-0.2, 0) is 0 Å². The van der Waals surface area contributed by atoms with Gasteiger partial charge in [-0.3, -0.25) is 14.7 Å². The van der Waals surface area contributed by atoms with Crippen LogP contribution in [0.1, 0.15) is 49.0 Å². The standard InChI is InChI=1S/C23H27N3OS/c1-3-19-18-9-5-6-10-21(18)28-22-12-11-16(14-20(22)25-19)23(27)24-15-17-8-7-13-26(17)4-2/h5-6,9-12,14,17H,3-4,7-8,13,15H2,1-2H3,(H,24,27). The minimum Gasteiger partial charge on any atom is -0.350 e. The van der Waals surface area contributed by atoms with Crippen molar-refractivity contribution in [2.45, 2.75) is 48.9 Å². The number of hydrogen-bond acceptors (Lipinski definition) is 4. The fourth-order valence-electron chi connectivity index (χ4n) is 4.08. The number of hydrogen-bond donors (Lipinski definition) is 1. The summed E-state index contributed by atoms with van der Waals surface area (Å²) < 4.78 is 0. The Labute approximate surface area is 171 Å². The molecule has 2 aromatic rings.